The standard InChI is InChI=1S/C14H28N2O/c1-12(2)8-9-13(16-15)14(17-3)10-6-4-5-7-11-14/h13,16H,1,4-11,15H2,2-3H3. The second kappa shape index (κ2) is 7.14. The molecule has 0 aliphatic heterocycles. The Kier molecular flexibility index (Phi) is 6.17. The van der Waals surface area contributed by atoms with Gasteiger partial charge in [-0.2, -0.15) is 0 Å². The summed E-state index contributed by atoms with van der Waals surface area (Å²) < 4.78 is 5.87. The van der Waals surface area contributed by atoms with Gasteiger partial charge in [0.05, 0.1) is 11.6 Å². The fourth-order valence-electron chi connectivity index (χ4n) is 2.91. The molecule has 1 aliphatic carbocycles. The molecule has 1 unspecified atom stereocenters. The number of hydrazine groups is 1. The summed E-state index contributed by atoms with van der Waals surface area (Å²) >= 11 is 0. The van der Waals surface area contributed by atoms with Crippen molar-refractivity contribution < 1.29 is 4.74 Å². The molecule has 1 saturated carbocycles. The zero-order chi connectivity index (χ0) is 12.7. The van der Waals surface area contributed by atoms with Gasteiger partial charge in [-0.3, -0.25) is 11.3 Å². The highest BCUT2D eigenvalue weighted by Crippen LogP contribution is 2.34. The molecule has 0 saturated heterocycles. The number of methoxy groups -OCH3 is 1. The number of nitrogens with two attached hydrogens (primary N) is 1. The van der Waals surface area contributed by atoms with Gasteiger partial charge < -0.3 is 4.74 Å². The number of hydrogen-bond donors (Lipinski definition) is 2. The van der Waals surface area contributed by atoms with Crippen LogP contribution in [0.3, 0.4) is 0 Å². The fraction of sp³-hybridized carbons (Fsp3) is 0.857. The monoisotopic (exact) mass is 240 g/mol. The zero-order valence-corrected chi connectivity index (χ0v) is 11.4. The van der Waals surface area contributed by atoms with Crippen molar-refractivity contribution >= 4 is 0 Å². The van der Waals surface area contributed by atoms with Gasteiger partial charge >= 0.3 is 0 Å². The zero-order valence-electron chi connectivity index (χ0n) is 11.4. The average molecular weight is 240 g/mol. The number of rotatable bonds is 6. The van der Waals surface area contributed by atoms with E-state index in [1.807, 2.05) is 7.11 Å². The first-order chi connectivity index (χ1) is 8.14. The summed E-state index contributed by atoms with van der Waals surface area (Å²) in [5.74, 6) is 5.74. The second-order valence-electron chi connectivity index (χ2n) is 5.40. The molecule has 3 N–H and O–H groups in total. The Morgan fingerprint density at radius 3 is 2.35 bits per heavy atom. The number of nitrogens with one attached hydrogen (secondary N) is 1. The van der Waals surface area contributed by atoms with E-state index in [-0.39, 0.29) is 11.6 Å². The molecule has 0 spiro atoms. The molecule has 17 heavy (non-hydrogen) atoms. The van der Waals surface area contributed by atoms with Crippen LogP contribution < -0.4 is 11.3 Å². The van der Waals surface area contributed by atoms with Crippen molar-refractivity contribution in [1.82, 2.24) is 5.43 Å². The highest BCUT2D eigenvalue weighted by molar-refractivity contribution is 4.97. The molecule has 0 heterocycles. The van der Waals surface area contributed by atoms with E-state index in [2.05, 4.69) is 18.9 Å². The number of hydrogen-bond acceptors (Lipinski definition) is 3. The smallest absolute Gasteiger partial charge is 0.0844 e. The predicted molar refractivity (Wildman–Crippen MR) is 72.6 cm³/mol. The molecule has 0 radical (unpaired) electrons. The highest BCUT2D eigenvalue weighted by atomic mass is 16.5. The fourth-order valence-corrected chi connectivity index (χ4v) is 2.91. The molecule has 0 amide bonds. The van der Waals surface area contributed by atoms with Gasteiger partial charge in [0.15, 0.2) is 0 Å². The topological polar surface area (TPSA) is 47.3 Å². The Balaban J connectivity index is 2.68. The molecule has 0 bridgehead atoms. The minimum Gasteiger partial charge on any atom is -0.377 e. The first kappa shape index (κ1) is 14.7. The SMILES string of the molecule is C=C(C)CCC(NN)C1(OC)CCCCCC1. The molecule has 0 aromatic heterocycles. The maximum absolute atomic E-state index is 5.87. The van der Waals surface area contributed by atoms with Crippen molar-refractivity contribution in [3.63, 3.8) is 0 Å². The number of ether oxygens (including phenoxy) is 1. The summed E-state index contributed by atoms with van der Waals surface area (Å²) in [7, 11) is 1.83. The lowest BCUT2D eigenvalue weighted by molar-refractivity contribution is -0.0547. The van der Waals surface area contributed by atoms with Gasteiger partial charge in [-0.15, -0.1) is 6.58 Å². The van der Waals surface area contributed by atoms with E-state index in [0.717, 1.165) is 25.7 Å². The quantitative estimate of drug-likeness (QED) is 0.325. The summed E-state index contributed by atoms with van der Waals surface area (Å²) in [5, 5.41) is 0. The van der Waals surface area contributed by atoms with E-state index < -0.39 is 0 Å². The van der Waals surface area contributed by atoms with Crippen LogP contribution in [0.25, 0.3) is 0 Å². The van der Waals surface area contributed by atoms with Crippen molar-refractivity contribution in [1.29, 1.82) is 0 Å². The molecule has 1 aliphatic rings. The van der Waals surface area contributed by atoms with Crippen LogP contribution in [0, 0.1) is 0 Å². The van der Waals surface area contributed by atoms with Crippen molar-refractivity contribution in [2.45, 2.75) is 69.9 Å². The summed E-state index contributed by atoms with van der Waals surface area (Å²) in [6.07, 6.45) is 9.41. The van der Waals surface area contributed by atoms with Gasteiger partial charge in [-0.1, -0.05) is 31.3 Å². The van der Waals surface area contributed by atoms with E-state index in [4.69, 9.17) is 10.6 Å². The first-order valence-corrected chi connectivity index (χ1v) is 6.80. The van der Waals surface area contributed by atoms with Gasteiger partial charge in [-0.05, 0) is 32.6 Å². The molecular formula is C14H28N2O. The van der Waals surface area contributed by atoms with Gasteiger partial charge in [0.2, 0.25) is 0 Å². The van der Waals surface area contributed by atoms with E-state index in [0.29, 0.717) is 0 Å². The highest BCUT2D eigenvalue weighted by Gasteiger charge is 2.38. The minimum absolute atomic E-state index is 0.0687. The van der Waals surface area contributed by atoms with Crippen LogP contribution >= 0.6 is 0 Å². The molecule has 0 aromatic carbocycles. The van der Waals surface area contributed by atoms with Crippen LogP contribution in [-0.4, -0.2) is 18.8 Å². The van der Waals surface area contributed by atoms with Crippen LogP contribution in [-0.2, 0) is 4.74 Å². The second-order valence-corrected chi connectivity index (χ2v) is 5.40. The summed E-state index contributed by atoms with van der Waals surface area (Å²) in [4.78, 5) is 0. The minimum atomic E-state index is -0.0687. The normalized spacial score (nSPS) is 21.8. The summed E-state index contributed by atoms with van der Waals surface area (Å²) in [5.41, 5.74) is 4.12. The maximum Gasteiger partial charge on any atom is 0.0844 e. The van der Waals surface area contributed by atoms with Crippen LogP contribution in [0.2, 0.25) is 0 Å². The molecule has 100 valence electrons. The lowest BCUT2D eigenvalue weighted by Gasteiger charge is -2.39. The number of allylic oxidation sites excluding steroid dienone is 1. The van der Waals surface area contributed by atoms with E-state index in [1.165, 1.54) is 31.3 Å². The molecule has 3 nitrogen and oxygen atoms in total. The van der Waals surface area contributed by atoms with Gasteiger partial charge in [0.1, 0.15) is 0 Å². The molecule has 1 atom stereocenters. The van der Waals surface area contributed by atoms with Crippen LogP contribution in [0.15, 0.2) is 12.2 Å². The molecule has 1 fully saturated rings. The molecule has 3 heteroatoms. The Hall–Kier alpha value is -0.380. The van der Waals surface area contributed by atoms with E-state index in [1.54, 1.807) is 0 Å². The van der Waals surface area contributed by atoms with Gasteiger partial charge in [0, 0.05) is 7.11 Å². The van der Waals surface area contributed by atoms with Crippen LogP contribution in [0.4, 0.5) is 0 Å². The average Bonchev–Trinajstić information content (AvgIpc) is 2.56. The van der Waals surface area contributed by atoms with Crippen LogP contribution in [0.5, 0.6) is 0 Å². The summed E-state index contributed by atoms with van der Waals surface area (Å²) in [6, 6.07) is 0.238. The van der Waals surface area contributed by atoms with Crippen molar-refractivity contribution in [3.8, 4) is 0 Å². The van der Waals surface area contributed by atoms with Gasteiger partial charge in [-0.25, -0.2) is 0 Å². The maximum atomic E-state index is 5.87. The third-order valence-corrected chi connectivity index (χ3v) is 4.05. The Morgan fingerprint density at radius 2 is 1.94 bits per heavy atom. The predicted octanol–water partition coefficient (Wildman–Crippen LogP) is 2.91. The van der Waals surface area contributed by atoms with E-state index >= 15 is 0 Å². The van der Waals surface area contributed by atoms with Crippen molar-refractivity contribution in [3.05, 3.63) is 12.2 Å². The largest absolute Gasteiger partial charge is 0.377 e. The Labute approximate surface area is 106 Å². The lowest BCUT2D eigenvalue weighted by Crippen LogP contribution is -2.54. The molecule has 0 aromatic rings. The van der Waals surface area contributed by atoms with Crippen molar-refractivity contribution in [2.75, 3.05) is 7.11 Å². The van der Waals surface area contributed by atoms with Crippen molar-refractivity contribution in [2.24, 2.45) is 5.84 Å². The first-order valence-electron chi connectivity index (χ1n) is 6.80. The third-order valence-electron chi connectivity index (χ3n) is 4.05. The van der Waals surface area contributed by atoms with Gasteiger partial charge in [0.25, 0.3) is 0 Å². The summed E-state index contributed by atoms with van der Waals surface area (Å²) in [6.45, 7) is 6.03. The van der Waals surface area contributed by atoms with E-state index in [9.17, 15) is 0 Å². The molecular weight excluding hydrogens is 212 g/mol. The third kappa shape index (κ3) is 4.09. The van der Waals surface area contributed by atoms with Crippen LogP contribution in [0.1, 0.15) is 58.3 Å². The lowest BCUT2D eigenvalue weighted by atomic mass is 9.83. The Morgan fingerprint density at radius 1 is 1.35 bits per heavy atom. The molecule has 1 rings (SSSR count). The Bertz CT molecular complexity index is 232.